The monoisotopic (exact) mass is 470 g/mol. The van der Waals surface area contributed by atoms with Crippen LogP contribution >= 0.6 is 23.1 Å². The van der Waals surface area contributed by atoms with Gasteiger partial charge in [-0.15, -0.1) is 10.2 Å². The molecule has 1 saturated heterocycles. The number of hydrogen-bond donors (Lipinski definition) is 1. The predicted octanol–water partition coefficient (Wildman–Crippen LogP) is 3.87. The number of nitrogens with one attached hydrogen (secondary N) is 1. The van der Waals surface area contributed by atoms with Gasteiger partial charge in [0.05, 0.1) is 17.6 Å². The first kappa shape index (κ1) is 23.0. The van der Waals surface area contributed by atoms with E-state index in [9.17, 15) is 13.2 Å². The molecule has 1 aromatic heterocycles. The van der Waals surface area contributed by atoms with Gasteiger partial charge >= 0.3 is 0 Å². The number of amides is 1. The molecular weight excluding hydrogens is 444 g/mol. The molecule has 1 aromatic carbocycles. The maximum Gasteiger partial charge on any atom is 0.261 e. The molecule has 8 nitrogen and oxygen atoms in total. The molecule has 0 radical (unpaired) electrons. The zero-order valence-corrected chi connectivity index (χ0v) is 19.5. The lowest BCUT2D eigenvalue weighted by Crippen LogP contribution is -2.32. The third-order valence-electron chi connectivity index (χ3n) is 4.67. The van der Waals surface area contributed by atoms with Crippen LogP contribution in [0.25, 0.3) is 0 Å². The van der Waals surface area contributed by atoms with Crippen LogP contribution in [0.5, 0.6) is 5.75 Å². The van der Waals surface area contributed by atoms with E-state index in [2.05, 4.69) is 22.4 Å². The normalized spacial score (nSPS) is 15.5. The first-order valence-electron chi connectivity index (χ1n) is 9.91. The van der Waals surface area contributed by atoms with E-state index in [1.165, 1.54) is 41.0 Å². The van der Waals surface area contributed by atoms with Gasteiger partial charge in [0, 0.05) is 18.8 Å². The Labute approximate surface area is 185 Å². The smallest absolute Gasteiger partial charge is 0.261 e. The summed E-state index contributed by atoms with van der Waals surface area (Å²) in [5.74, 6) is 0.739. The Balaban J connectivity index is 1.83. The van der Waals surface area contributed by atoms with Crippen molar-refractivity contribution in [2.45, 2.75) is 48.3 Å². The van der Waals surface area contributed by atoms with Crippen LogP contribution in [0, 0.1) is 0 Å². The highest BCUT2D eigenvalue weighted by atomic mass is 32.2. The van der Waals surface area contributed by atoms with Crippen molar-refractivity contribution in [3.8, 4) is 5.75 Å². The second kappa shape index (κ2) is 10.6. The molecule has 0 spiro atoms. The van der Waals surface area contributed by atoms with Gasteiger partial charge in [0.15, 0.2) is 4.34 Å². The van der Waals surface area contributed by atoms with Crippen LogP contribution in [0.1, 0.15) is 49.4 Å². The standard InChI is InChI=1S/C19H26N4O4S3/c1-3-12-28-19-22-21-18(29-19)20-17(24)15-13-14(8-9-16(15)27-2)30(25,26)23-10-6-4-5-7-11-23/h8-9,13H,3-7,10-12H2,1-2H3,(H,20,21,24). The zero-order valence-electron chi connectivity index (χ0n) is 17.1. The molecule has 1 amide bonds. The van der Waals surface area contributed by atoms with Crippen molar-refractivity contribution in [1.82, 2.24) is 14.5 Å². The number of ether oxygens (including phenoxy) is 1. The van der Waals surface area contributed by atoms with Gasteiger partial charge in [-0.1, -0.05) is 42.9 Å². The molecule has 0 aliphatic carbocycles. The lowest BCUT2D eigenvalue weighted by molar-refractivity contribution is 0.102. The molecule has 1 N–H and O–H groups in total. The summed E-state index contributed by atoms with van der Waals surface area (Å²) in [6.07, 6.45) is 4.77. The quantitative estimate of drug-likeness (QED) is 0.462. The van der Waals surface area contributed by atoms with Gasteiger partial charge in [-0.05, 0) is 37.5 Å². The minimum atomic E-state index is -3.68. The van der Waals surface area contributed by atoms with E-state index in [1.54, 1.807) is 11.8 Å². The van der Waals surface area contributed by atoms with Crippen LogP contribution in [0.15, 0.2) is 27.4 Å². The fourth-order valence-electron chi connectivity index (χ4n) is 3.13. The number of carbonyl (C=O) groups excluding carboxylic acids is 1. The molecule has 164 valence electrons. The number of aromatic nitrogens is 2. The van der Waals surface area contributed by atoms with Gasteiger partial charge in [0.1, 0.15) is 5.75 Å². The summed E-state index contributed by atoms with van der Waals surface area (Å²) in [6, 6.07) is 4.38. The molecule has 1 aliphatic heterocycles. The lowest BCUT2D eigenvalue weighted by Gasteiger charge is -2.20. The number of methoxy groups -OCH3 is 1. The van der Waals surface area contributed by atoms with Crippen LogP contribution < -0.4 is 10.1 Å². The molecule has 2 heterocycles. The highest BCUT2D eigenvalue weighted by molar-refractivity contribution is 8.01. The molecule has 1 fully saturated rings. The van der Waals surface area contributed by atoms with E-state index in [-0.39, 0.29) is 10.5 Å². The number of thioether (sulfide) groups is 1. The maximum absolute atomic E-state index is 13.1. The molecule has 2 aromatic rings. The summed E-state index contributed by atoms with van der Waals surface area (Å²) in [4.78, 5) is 12.9. The van der Waals surface area contributed by atoms with Crippen molar-refractivity contribution in [3.63, 3.8) is 0 Å². The summed E-state index contributed by atoms with van der Waals surface area (Å²) >= 11 is 2.86. The second-order valence-electron chi connectivity index (χ2n) is 6.86. The van der Waals surface area contributed by atoms with Crippen LogP contribution in [0.2, 0.25) is 0 Å². The van der Waals surface area contributed by atoms with E-state index in [0.29, 0.717) is 24.0 Å². The minimum absolute atomic E-state index is 0.0896. The van der Waals surface area contributed by atoms with Gasteiger partial charge in [-0.25, -0.2) is 8.42 Å². The molecular formula is C19H26N4O4S3. The summed E-state index contributed by atoms with van der Waals surface area (Å²) in [5.41, 5.74) is 0.145. The SMILES string of the molecule is CCCSc1nnc(NC(=O)c2cc(S(=O)(=O)N3CCCCCC3)ccc2OC)s1. The Morgan fingerprint density at radius 1 is 1.23 bits per heavy atom. The highest BCUT2D eigenvalue weighted by Gasteiger charge is 2.27. The van der Waals surface area contributed by atoms with Crippen molar-refractivity contribution >= 4 is 44.2 Å². The van der Waals surface area contributed by atoms with Crippen molar-refractivity contribution < 1.29 is 17.9 Å². The maximum atomic E-state index is 13.1. The van der Waals surface area contributed by atoms with Gasteiger partial charge in [0.2, 0.25) is 15.2 Å². The summed E-state index contributed by atoms with van der Waals surface area (Å²) in [7, 11) is -2.23. The topological polar surface area (TPSA) is 101 Å². The summed E-state index contributed by atoms with van der Waals surface area (Å²) in [6.45, 7) is 3.08. The molecule has 30 heavy (non-hydrogen) atoms. The van der Waals surface area contributed by atoms with Crippen molar-refractivity contribution in [2.24, 2.45) is 0 Å². The third-order valence-corrected chi connectivity index (χ3v) is 8.75. The average Bonchev–Trinajstić information content (AvgIpc) is 3.00. The van der Waals surface area contributed by atoms with Gasteiger partial charge < -0.3 is 4.74 Å². The minimum Gasteiger partial charge on any atom is -0.496 e. The van der Waals surface area contributed by atoms with E-state index in [0.717, 1.165) is 42.2 Å². The Bertz CT molecular complexity index is 970. The molecule has 0 saturated carbocycles. The molecule has 1 aliphatic rings. The fraction of sp³-hybridized carbons (Fsp3) is 0.526. The van der Waals surface area contributed by atoms with E-state index in [4.69, 9.17) is 4.74 Å². The first-order valence-corrected chi connectivity index (χ1v) is 13.2. The van der Waals surface area contributed by atoms with Crippen LogP contribution in [-0.2, 0) is 10.0 Å². The Hall–Kier alpha value is -1.69. The van der Waals surface area contributed by atoms with Crippen molar-refractivity contribution in [2.75, 3.05) is 31.3 Å². The first-order chi connectivity index (χ1) is 14.5. The number of sulfonamides is 1. The number of rotatable bonds is 8. The number of hydrogen-bond acceptors (Lipinski definition) is 8. The number of carbonyl (C=O) groups is 1. The molecule has 0 atom stereocenters. The predicted molar refractivity (Wildman–Crippen MR) is 119 cm³/mol. The molecule has 3 rings (SSSR count). The van der Waals surface area contributed by atoms with Gasteiger partial charge in [-0.3, -0.25) is 10.1 Å². The van der Waals surface area contributed by atoms with Gasteiger partial charge in [0.25, 0.3) is 5.91 Å². The second-order valence-corrected chi connectivity index (χ2v) is 11.1. The average molecular weight is 471 g/mol. The highest BCUT2D eigenvalue weighted by Crippen LogP contribution is 2.29. The number of nitrogens with zero attached hydrogens (tertiary/aromatic N) is 3. The molecule has 0 bridgehead atoms. The largest absolute Gasteiger partial charge is 0.496 e. The number of anilines is 1. The summed E-state index contributed by atoms with van der Waals surface area (Å²) < 4.78 is 33.8. The van der Waals surface area contributed by atoms with Gasteiger partial charge in [-0.2, -0.15) is 4.31 Å². The van der Waals surface area contributed by atoms with E-state index in [1.807, 2.05) is 0 Å². The molecule has 0 unspecified atom stereocenters. The summed E-state index contributed by atoms with van der Waals surface area (Å²) in [5, 5.41) is 11.1. The zero-order chi connectivity index (χ0) is 21.6. The van der Waals surface area contributed by atoms with Crippen LogP contribution in [0.3, 0.4) is 0 Å². The van der Waals surface area contributed by atoms with Crippen molar-refractivity contribution in [3.05, 3.63) is 23.8 Å². The Kier molecular flexibility index (Phi) is 8.09. The van der Waals surface area contributed by atoms with Crippen LogP contribution in [0.4, 0.5) is 5.13 Å². The molecule has 11 heteroatoms. The Morgan fingerprint density at radius 3 is 2.63 bits per heavy atom. The fourth-order valence-corrected chi connectivity index (χ4v) is 6.34. The van der Waals surface area contributed by atoms with E-state index < -0.39 is 15.9 Å². The third kappa shape index (κ3) is 5.51. The van der Waals surface area contributed by atoms with Crippen molar-refractivity contribution in [1.29, 1.82) is 0 Å². The van der Waals surface area contributed by atoms with Crippen LogP contribution in [-0.4, -0.2) is 54.8 Å². The van der Waals surface area contributed by atoms with E-state index >= 15 is 0 Å². The number of benzene rings is 1. The Morgan fingerprint density at radius 2 is 1.97 bits per heavy atom. The lowest BCUT2D eigenvalue weighted by atomic mass is 10.2.